The van der Waals surface area contributed by atoms with Crippen molar-refractivity contribution in [3.8, 4) is 0 Å². The maximum atomic E-state index is 11.9. The largest absolute Gasteiger partial charge is 0.328 e. The number of nitrogens with two attached hydrogens (primary N) is 1. The molecule has 2 nitrogen and oxygen atoms in total. The Morgan fingerprint density at radius 3 is 2.88 bits per heavy atom. The molecule has 2 atom stereocenters. The van der Waals surface area contributed by atoms with Crippen LogP contribution >= 0.6 is 11.6 Å². The molecule has 16 heavy (non-hydrogen) atoms. The zero-order valence-corrected chi connectivity index (χ0v) is 11.1. The van der Waals surface area contributed by atoms with Crippen LogP contribution in [0, 0.1) is 0 Å². The predicted molar refractivity (Wildman–Crippen MR) is 70.2 cm³/mol. The molecule has 1 aromatic carbocycles. The fraction of sp³-hybridized carbons (Fsp3) is 0.500. The zero-order valence-electron chi connectivity index (χ0n) is 9.49. The normalized spacial score (nSPS) is 14.7. The van der Waals surface area contributed by atoms with Crippen LogP contribution in [0.25, 0.3) is 0 Å². The lowest BCUT2D eigenvalue weighted by Gasteiger charge is -2.07. The Balaban J connectivity index is 2.41. The lowest BCUT2D eigenvalue weighted by Crippen LogP contribution is -2.19. The second-order valence-corrected chi connectivity index (χ2v) is 5.82. The molecule has 0 spiro atoms. The molecule has 0 radical (unpaired) electrons. The van der Waals surface area contributed by atoms with Crippen molar-refractivity contribution in [2.75, 3.05) is 5.75 Å². The standard InChI is InChI=1S/C12H18ClNOS/c1-2-11(14)6-4-8-16(15)12-7-3-5-10(13)9-12/h3,5,7,9,11H,2,4,6,8,14H2,1H3. The Labute approximate surface area is 105 Å². The summed E-state index contributed by atoms with van der Waals surface area (Å²) in [5.74, 6) is 0.661. The van der Waals surface area contributed by atoms with Crippen LogP contribution < -0.4 is 5.73 Å². The van der Waals surface area contributed by atoms with Gasteiger partial charge >= 0.3 is 0 Å². The van der Waals surface area contributed by atoms with E-state index in [2.05, 4.69) is 6.92 Å². The summed E-state index contributed by atoms with van der Waals surface area (Å²) in [6.07, 6.45) is 2.81. The fourth-order valence-electron chi connectivity index (χ4n) is 1.41. The molecule has 0 aliphatic heterocycles. The Morgan fingerprint density at radius 1 is 1.50 bits per heavy atom. The molecule has 2 unspecified atom stereocenters. The average Bonchev–Trinajstić information content (AvgIpc) is 2.28. The summed E-state index contributed by atoms with van der Waals surface area (Å²) in [7, 11) is -0.952. The Bertz CT molecular complexity index is 357. The highest BCUT2D eigenvalue weighted by atomic mass is 35.5. The number of halogens is 1. The van der Waals surface area contributed by atoms with Crippen LogP contribution in [0.15, 0.2) is 29.2 Å². The van der Waals surface area contributed by atoms with Crippen molar-refractivity contribution in [3.63, 3.8) is 0 Å². The van der Waals surface area contributed by atoms with Gasteiger partial charge in [-0.2, -0.15) is 0 Å². The van der Waals surface area contributed by atoms with Gasteiger partial charge in [0.15, 0.2) is 0 Å². The molecule has 1 rings (SSSR count). The summed E-state index contributed by atoms with van der Waals surface area (Å²) >= 11 is 5.84. The van der Waals surface area contributed by atoms with Gasteiger partial charge in [-0.3, -0.25) is 4.21 Å². The minimum Gasteiger partial charge on any atom is -0.328 e. The molecule has 0 aliphatic carbocycles. The predicted octanol–water partition coefficient (Wildman–Crippen LogP) is 2.97. The molecule has 4 heteroatoms. The van der Waals surface area contributed by atoms with Crippen LogP contribution in [0.1, 0.15) is 26.2 Å². The molecule has 1 aromatic rings. The fourth-order valence-corrected chi connectivity index (χ4v) is 2.82. The van der Waals surface area contributed by atoms with Crippen molar-refractivity contribution in [2.24, 2.45) is 5.73 Å². The van der Waals surface area contributed by atoms with E-state index in [4.69, 9.17) is 17.3 Å². The van der Waals surface area contributed by atoms with Gasteiger partial charge in [0.1, 0.15) is 0 Å². The molecule has 0 saturated heterocycles. The van der Waals surface area contributed by atoms with E-state index in [-0.39, 0.29) is 6.04 Å². The summed E-state index contributed by atoms with van der Waals surface area (Å²) < 4.78 is 11.9. The number of hydrogen-bond donors (Lipinski definition) is 1. The van der Waals surface area contributed by atoms with E-state index in [1.54, 1.807) is 12.1 Å². The maximum absolute atomic E-state index is 11.9. The van der Waals surface area contributed by atoms with Crippen LogP contribution in [0.5, 0.6) is 0 Å². The summed E-state index contributed by atoms with van der Waals surface area (Å²) in [4.78, 5) is 0.803. The van der Waals surface area contributed by atoms with Crippen molar-refractivity contribution in [3.05, 3.63) is 29.3 Å². The second kappa shape index (κ2) is 7.05. The van der Waals surface area contributed by atoms with Crippen molar-refractivity contribution < 1.29 is 4.21 Å². The average molecular weight is 260 g/mol. The lowest BCUT2D eigenvalue weighted by atomic mass is 10.1. The summed E-state index contributed by atoms with van der Waals surface area (Å²) in [6.45, 7) is 2.07. The highest BCUT2D eigenvalue weighted by Gasteiger charge is 2.05. The van der Waals surface area contributed by atoms with E-state index in [0.717, 1.165) is 24.2 Å². The Kier molecular flexibility index (Phi) is 6.03. The molecule has 0 aromatic heterocycles. The van der Waals surface area contributed by atoms with Crippen molar-refractivity contribution >= 4 is 22.4 Å². The molecular weight excluding hydrogens is 242 g/mol. The van der Waals surface area contributed by atoms with Gasteiger partial charge in [0.2, 0.25) is 0 Å². The van der Waals surface area contributed by atoms with E-state index in [1.165, 1.54) is 0 Å². The van der Waals surface area contributed by atoms with Gasteiger partial charge in [-0.1, -0.05) is 24.6 Å². The van der Waals surface area contributed by atoms with E-state index >= 15 is 0 Å². The lowest BCUT2D eigenvalue weighted by molar-refractivity contribution is 0.586. The van der Waals surface area contributed by atoms with Gasteiger partial charge in [-0.05, 0) is 37.5 Å². The van der Waals surface area contributed by atoms with Crippen LogP contribution in [0.2, 0.25) is 5.02 Å². The Hall–Kier alpha value is -0.380. The third kappa shape index (κ3) is 4.64. The third-order valence-electron chi connectivity index (χ3n) is 2.49. The molecule has 0 bridgehead atoms. The first-order chi connectivity index (χ1) is 7.63. The van der Waals surface area contributed by atoms with Crippen LogP contribution in [-0.4, -0.2) is 16.0 Å². The molecular formula is C12H18ClNOS. The SMILES string of the molecule is CCC(N)CCCS(=O)c1cccc(Cl)c1. The van der Waals surface area contributed by atoms with Crippen molar-refractivity contribution in [1.29, 1.82) is 0 Å². The number of hydrogen-bond acceptors (Lipinski definition) is 2. The molecule has 2 N–H and O–H groups in total. The zero-order chi connectivity index (χ0) is 12.0. The first-order valence-corrected chi connectivity index (χ1v) is 7.22. The van der Waals surface area contributed by atoms with Gasteiger partial charge < -0.3 is 5.73 Å². The van der Waals surface area contributed by atoms with Crippen molar-refractivity contribution in [1.82, 2.24) is 0 Å². The summed E-state index contributed by atoms with van der Waals surface area (Å²) in [6, 6.07) is 7.46. The van der Waals surface area contributed by atoms with Gasteiger partial charge in [0, 0.05) is 21.7 Å². The molecule has 0 amide bonds. The van der Waals surface area contributed by atoms with E-state index < -0.39 is 10.8 Å². The quantitative estimate of drug-likeness (QED) is 0.854. The topological polar surface area (TPSA) is 43.1 Å². The third-order valence-corrected chi connectivity index (χ3v) is 4.16. The van der Waals surface area contributed by atoms with Crippen LogP contribution in [-0.2, 0) is 10.8 Å². The minimum atomic E-state index is -0.952. The molecule has 90 valence electrons. The molecule has 0 heterocycles. The Morgan fingerprint density at radius 2 is 2.25 bits per heavy atom. The smallest absolute Gasteiger partial charge is 0.0530 e. The van der Waals surface area contributed by atoms with Gasteiger partial charge in [0.05, 0.1) is 10.8 Å². The highest BCUT2D eigenvalue weighted by Crippen LogP contribution is 2.15. The van der Waals surface area contributed by atoms with Gasteiger partial charge in [0.25, 0.3) is 0 Å². The first kappa shape index (κ1) is 13.7. The second-order valence-electron chi connectivity index (χ2n) is 3.82. The molecule has 0 aliphatic rings. The van der Waals surface area contributed by atoms with E-state index in [0.29, 0.717) is 10.8 Å². The molecule has 0 saturated carbocycles. The molecule has 0 fully saturated rings. The van der Waals surface area contributed by atoms with E-state index in [1.807, 2.05) is 12.1 Å². The van der Waals surface area contributed by atoms with Crippen LogP contribution in [0.4, 0.5) is 0 Å². The monoisotopic (exact) mass is 259 g/mol. The van der Waals surface area contributed by atoms with Crippen LogP contribution in [0.3, 0.4) is 0 Å². The number of rotatable bonds is 6. The summed E-state index contributed by atoms with van der Waals surface area (Å²) in [5.41, 5.74) is 5.80. The van der Waals surface area contributed by atoms with E-state index in [9.17, 15) is 4.21 Å². The van der Waals surface area contributed by atoms with Gasteiger partial charge in [-0.15, -0.1) is 0 Å². The number of benzene rings is 1. The van der Waals surface area contributed by atoms with Crippen molar-refractivity contribution in [2.45, 2.75) is 37.1 Å². The highest BCUT2D eigenvalue weighted by molar-refractivity contribution is 7.85. The maximum Gasteiger partial charge on any atom is 0.0530 e. The minimum absolute atomic E-state index is 0.233. The first-order valence-electron chi connectivity index (χ1n) is 5.53. The van der Waals surface area contributed by atoms with Gasteiger partial charge in [-0.25, -0.2) is 0 Å². The summed E-state index contributed by atoms with van der Waals surface area (Å²) in [5, 5.41) is 0.635.